The Morgan fingerprint density at radius 3 is 2.41 bits per heavy atom. The molecule has 0 aromatic rings. The van der Waals surface area contributed by atoms with Gasteiger partial charge in [0.05, 0.1) is 23.9 Å². The Hall–Kier alpha value is -0.0800. The molecule has 2 saturated heterocycles. The van der Waals surface area contributed by atoms with Gasteiger partial charge in [0.1, 0.15) is 0 Å². The van der Waals surface area contributed by atoms with Gasteiger partial charge in [-0.3, -0.25) is 0 Å². The SMILES string of the molecule is CC1(C)C[C@H]2[C@H]1CC[C@@]1(C)O[C@H]1CC[C@@]21CO1. The summed E-state index contributed by atoms with van der Waals surface area (Å²) < 4.78 is 11.8. The zero-order chi connectivity index (χ0) is 11.9. The van der Waals surface area contributed by atoms with Gasteiger partial charge in [0.25, 0.3) is 0 Å². The zero-order valence-electron chi connectivity index (χ0n) is 11.3. The summed E-state index contributed by atoms with van der Waals surface area (Å²) in [6.45, 7) is 8.21. The average molecular weight is 236 g/mol. The first-order valence-electron chi connectivity index (χ1n) is 7.27. The molecule has 4 fully saturated rings. The number of fused-ring (bicyclic) bond motifs is 3. The molecular weight excluding hydrogens is 212 g/mol. The second-order valence-corrected chi connectivity index (χ2v) is 7.76. The molecule has 2 aliphatic heterocycles. The minimum atomic E-state index is 0.219. The predicted octanol–water partition coefficient (Wildman–Crippen LogP) is 3.15. The Kier molecular flexibility index (Phi) is 1.85. The molecule has 4 aliphatic rings. The van der Waals surface area contributed by atoms with Gasteiger partial charge in [-0.05, 0) is 56.3 Å². The highest BCUT2D eigenvalue weighted by Gasteiger charge is 2.65. The van der Waals surface area contributed by atoms with Crippen LogP contribution >= 0.6 is 0 Å². The molecule has 2 saturated carbocycles. The van der Waals surface area contributed by atoms with E-state index in [0.29, 0.717) is 11.5 Å². The maximum absolute atomic E-state index is 5.92. The Labute approximate surface area is 104 Å². The van der Waals surface area contributed by atoms with Gasteiger partial charge in [0.15, 0.2) is 0 Å². The molecule has 0 N–H and O–H groups in total. The maximum atomic E-state index is 5.92. The second-order valence-electron chi connectivity index (χ2n) is 7.76. The van der Waals surface area contributed by atoms with Crippen LogP contribution in [0.3, 0.4) is 0 Å². The van der Waals surface area contributed by atoms with Crippen LogP contribution in [-0.4, -0.2) is 23.9 Å². The summed E-state index contributed by atoms with van der Waals surface area (Å²) in [5.41, 5.74) is 1.03. The summed E-state index contributed by atoms with van der Waals surface area (Å²) in [6.07, 6.45) is 6.97. The summed E-state index contributed by atoms with van der Waals surface area (Å²) in [6, 6.07) is 0. The first-order chi connectivity index (χ1) is 7.95. The van der Waals surface area contributed by atoms with E-state index in [0.717, 1.165) is 18.4 Å². The predicted molar refractivity (Wildman–Crippen MR) is 65.8 cm³/mol. The van der Waals surface area contributed by atoms with Crippen molar-refractivity contribution in [3.05, 3.63) is 0 Å². The number of hydrogen-bond acceptors (Lipinski definition) is 2. The molecule has 2 heterocycles. The minimum absolute atomic E-state index is 0.219. The molecule has 96 valence electrons. The lowest BCUT2D eigenvalue weighted by atomic mass is 9.50. The van der Waals surface area contributed by atoms with Gasteiger partial charge in [0.2, 0.25) is 0 Å². The smallest absolute Gasteiger partial charge is 0.0948 e. The van der Waals surface area contributed by atoms with Crippen molar-refractivity contribution in [2.45, 2.75) is 70.2 Å². The highest BCUT2D eigenvalue weighted by Crippen LogP contribution is 2.64. The van der Waals surface area contributed by atoms with Crippen LogP contribution in [0, 0.1) is 17.3 Å². The topological polar surface area (TPSA) is 25.1 Å². The number of epoxide rings is 2. The van der Waals surface area contributed by atoms with Gasteiger partial charge in [-0.1, -0.05) is 13.8 Å². The molecule has 0 radical (unpaired) electrons. The van der Waals surface area contributed by atoms with Crippen molar-refractivity contribution >= 4 is 0 Å². The lowest BCUT2D eigenvalue weighted by Gasteiger charge is -2.54. The lowest BCUT2D eigenvalue weighted by molar-refractivity contribution is -0.0685. The number of ether oxygens (including phenoxy) is 2. The fourth-order valence-corrected chi connectivity index (χ4v) is 4.72. The van der Waals surface area contributed by atoms with E-state index >= 15 is 0 Å². The Morgan fingerprint density at radius 2 is 1.76 bits per heavy atom. The Morgan fingerprint density at radius 1 is 1.00 bits per heavy atom. The number of hydrogen-bond donors (Lipinski definition) is 0. The molecule has 4 rings (SSSR count). The van der Waals surface area contributed by atoms with Crippen LogP contribution in [0.15, 0.2) is 0 Å². The third-order valence-corrected chi connectivity index (χ3v) is 6.24. The van der Waals surface area contributed by atoms with E-state index in [-0.39, 0.29) is 11.2 Å². The van der Waals surface area contributed by atoms with Crippen molar-refractivity contribution in [3.8, 4) is 0 Å². The average Bonchev–Trinajstić information content (AvgIpc) is 3.11. The van der Waals surface area contributed by atoms with Gasteiger partial charge in [0, 0.05) is 0 Å². The third kappa shape index (κ3) is 1.40. The Bertz CT molecular complexity index is 358. The van der Waals surface area contributed by atoms with Gasteiger partial charge >= 0.3 is 0 Å². The van der Waals surface area contributed by atoms with E-state index in [2.05, 4.69) is 20.8 Å². The minimum Gasteiger partial charge on any atom is -0.369 e. The number of rotatable bonds is 0. The monoisotopic (exact) mass is 236 g/mol. The third-order valence-electron chi connectivity index (χ3n) is 6.24. The standard InChI is InChI=1S/C15H24O2/c1-13(2)8-11-10(13)4-6-14(3)12(17-14)5-7-15(11)9-16-15/h10-12H,4-9H2,1-3H3/t10-,11+,12+,14-,15-/m1/s1. The largest absolute Gasteiger partial charge is 0.369 e. The molecule has 0 aromatic heterocycles. The first kappa shape index (κ1) is 10.8. The molecule has 0 unspecified atom stereocenters. The van der Waals surface area contributed by atoms with Crippen LogP contribution in [0.25, 0.3) is 0 Å². The zero-order valence-corrected chi connectivity index (χ0v) is 11.3. The quantitative estimate of drug-likeness (QED) is 0.604. The van der Waals surface area contributed by atoms with Gasteiger partial charge < -0.3 is 9.47 Å². The van der Waals surface area contributed by atoms with Gasteiger partial charge in [-0.15, -0.1) is 0 Å². The van der Waals surface area contributed by atoms with Crippen LogP contribution in [0.4, 0.5) is 0 Å². The summed E-state index contributed by atoms with van der Waals surface area (Å²) in [4.78, 5) is 0. The van der Waals surface area contributed by atoms with E-state index in [9.17, 15) is 0 Å². The summed E-state index contributed by atoms with van der Waals surface area (Å²) in [7, 11) is 0. The highest BCUT2D eigenvalue weighted by atomic mass is 16.6. The lowest BCUT2D eigenvalue weighted by Crippen LogP contribution is -2.51. The van der Waals surface area contributed by atoms with Crippen molar-refractivity contribution in [1.29, 1.82) is 0 Å². The fraction of sp³-hybridized carbons (Fsp3) is 1.00. The van der Waals surface area contributed by atoms with Gasteiger partial charge in [-0.2, -0.15) is 0 Å². The van der Waals surface area contributed by atoms with Crippen LogP contribution in [-0.2, 0) is 9.47 Å². The van der Waals surface area contributed by atoms with Crippen LogP contribution in [0.1, 0.15) is 52.9 Å². The second kappa shape index (κ2) is 2.91. The maximum Gasteiger partial charge on any atom is 0.0948 e. The van der Waals surface area contributed by atoms with Crippen molar-refractivity contribution in [1.82, 2.24) is 0 Å². The molecule has 5 atom stereocenters. The molecule has 1 spiro atoms. The van der Waals surface area contributed by atoms with Gasteiger partial charge in [-0.25, -0.2) is 0 Å². The molecule has 2 nitrogen and oxygen atoms in total. The van der Waals surface area contributed by atoms with Crippen molar-refractivity contribution < 1.29 is 9.47 Å². The molecular formula is C15H24O2. The van der Waals surface area contributed by atoms with Crippen molar-refractivity contribution in [2.24, 2.45) is 17.3 Å². The molecule has 2 aliphatic carbocycles. The summed E-state index contributed by atoms with van der Waals surface area (Å²) in [5, 5.41) is 0. The van der Waals surface area contributed by atoms with Crippen molar-refractivity contribution in [2.75, 3.05) is 6.61 Å². The highest BCUT2D eigenvalue weighted by molar-refractivity contribution is 5.14. The molecule has 0 amide bonds. The first-order valence-corrected chi connectivity index (χ1v) is 7.27. The van der Waals surface area contributed by atoms with Crippen molar-refractivity contribution in [3.63, 3.8) is 0 Å². The molecule has 17 heavy (non-hydrogen) atoms. The summed E-state index contributed by atoms with van der Waals surface area (Å²) >= 11 is 0. The van der Waals surface area contributed by atoms with Crippen LogP contribution in [0.5, 0.6) is 0 Å². The van der Waals surface area contributed by atoms with E-state index in [1.165, 1.54) is 32.1 Å². The van der Waals surface area contributed by atoms with E-state index in [1.54, 1.807) is 0 Å². The normalized spacial score (nSPS) is 59.1. The molecule has 0 bridgehead atoms. The van der Waals surface area contributed by atoms with E-state index in [4.69, 9.17) is 9.47 Å². The molecule has 2 heteroatoms. The van der Waals surface area contributed by atoms with E-state index in [1.807, 2.05) is 0 Å². The molecule has 0 aromatic carbocycles. The van der Waals surface area contributed by atoms with E-state index < -0.39 is 0 Å². The van der Waals surface area contributed by atoms with Crippen LogP contribution in [0.2, 0.25) is 0 Å². The Balaban J connectivity index is 1.60. The fourth-order valence-electron chi connectivity index (χ4n) is 4.72. The van der Waals surface area contributed by atoms with Crippen LogP contribution < -0.4 is 0 Å². The summed E-state index contributed by atoms with van der Waals surface area (Å²) in [5.74, 6) is 1.71.